The van der Waals surface area contributed by atoms with Crippen molar-refractivity contribution in [2.24, 2.45) is 46.3 Å². The highest BCUT2D eigenvalue weighted by Crippen LogP contribution is 2.65. The minimum absolute atomic E-state index is 0.0268. The molecule has 29 heavy (non-hydrogen) atoms. The molecule has 0 aliphatic heterocycles. The number of aliphatic hydroxyl groups excluding tert-OH is 1. The molecule has 0 aromatic carbocycles. The van der Waals surface area contributed by atoms with E-state index >= 15 is 0 Å². The fourth-order valence-corrected chi connectivity index (χ4v) is 8.48. The normalized spacial score (nSPS) is 44.3. The van der Waals surface area contributed by atoms with Crippen LogP contribution in [0, 0.1) is 46.3 Å². The molecule has 4 aliphatic rings. The zero-order chi connectivity index (χ0) is 21.0. The molecular weight excluding hydrogens is 352 g/mol. The molecule has 1 heteroatoms. The van der Waals surface area contributed by atoms with Crippen LogP contribution in [0.3, 0.4) is 0 Å². The molecule has 0 aromatic rings. The van der Waals surface area contributed by atoms with Gasteiger partial charge in [0.15, 0.2) is 0 Å². The average molecular weight is 401 g/mol. The van der Waals surface area contributed by atoms with Gasteiger partial charge in [0.2, 0.25) is 0 Å². The lowest BCUT2D eigenvalue weighted by atomic mass is 9.49. The number of hydrogen-bond donors (Lipinski definition) is 1. The van der Waals surface area contributed by atoms with Gasteiger partial charge in [-0.25, -0.2) is 0 Å². The average Bonchev–Trinajstić information content (AvgIpc) is 3.03. The highest BCUT2D eigenvalue weighted by molar-refractivity contribution is 5.34. The van der Waals surface area contributed by atoms with Crippen molar-refractivity contribution >= 4 is 0 Å². The minimum Gasteiger partial charge on any atom is -0.393 e. The monoisotopic (exact) mass is 400 g/mol. The zero-order valence-electron chi connectivity index (χ0n) is 20.3. The van der Waals surface area contributed by atoms with E-state index in [9.17, 15) is 5.11 Å². The number of aliphatic hydroxyl groups is 1. The maximum absolute atomic E-state index is 10.3. The molecule has 0 spiro atoms. The molecule has 0 aromatic heterocycles. The molecule has 0 radical (unpaired) electrons. The Hall–Kier alpha value is -0.300. The van der Waals surface area contributed by atoms with Crippen LogP contribution in [0.25, 0.3) is 0 Å². The van der Waals surface area contributed by atoms with Crippen molar-refractivity contribution in [1.82, 2.24) is 0 Å². The summed E-state index contributed by atoms with van der Waals surface area (Å²) in [4.78, 5) is 0. The summed E-state index contributed by atoms with van der Waals surface area (Å²) in [7, 11) is 0. The fraction of sp³-hybridized carbons (Fsp3) is 0.929. The molecule has 7 unspecified atom stereocenters. The lowest BCUT2D eigenvalue weighted by Gasteiger charge is -2.56. The standard InChI is InChI=1S/C28H48O/c1-18(2)19(3)7-8-20(4)24-11-12-25-23-10-9-21-17-22(29)13-15-27(21,5)26(23)14-16-28(24,25)6/h18-22,24,26,29H,7-17H2,1-6H3/t19-,20?,21?,22?,24?,26?,27?,28?/m1/s1. The van der Waals surface area contributed by atoms with Crippen LogP contribution in [0.5, 0.6) is 0 Å². The summed E-state index contributed by atoms with van der Waals surface area (Å²) in [5.74, 6) is 5.04. The maximum atomic E-state index is 10.3. The van der Waals surface area contributed by atoms with Crippen LogP contribution in [0.4, 0.5) is 0 Å². The fourth-order valence-electron chi connectivity index (χ4n) is 8.48. The second-order valence-electron chi connectivity index (χ2n) is 12.6. The highest BCUT2D eigenvalue weighted by atomic mass is 16.3. The molecule has 4 aliphatic carbocycles. The Bertz CT molecular complexity index is 632. The van der Waals surface area contributed by atoms with Crippen molar-refractivity contribution in [3.63, 3.8) is 0 Å². The van der Waals surface area contributed by atoms with Crippen molar-refractivity contribution in [2.45, 2.75) is 118 Å². The zero-order valence-corrected chi connectivity index (χ0v) is 20.3. The third-order valence-corrected chi connectivity index (χ3v) is 10.9. The van der Waals surface area contributed by atoms with Gasteiger partial charge in [0, 0.05) is 0 Å². The Labute approximate surface area is 181 Å². The van der Waals surface area contributed by atoms with Gasteiger partial charge in [-0.05, 0) is 104 Å². The lowest BCUT2D eigenvalue weighted by molar-refractivity contribution is -0.0381. The SMILES string of the molecule is CC(CC[C@@H](C)C(C)C)C1CCC2=C3CCC4CC(O)CCC4(C)C3CCC21C. The van der Waals surface area contributed by atoms with Gasteiger partial charge in [-0.15, -0.1) is 0 Å². The summed E-state index contributed by atoms with van der Waals surface area (Å²) >= 11 is 0. The van der Waals surface area contributed by atoms with E-state index in [1.54, 1.807) is 0 Å². The van der Waals surface area contributed by atoms with Crippen molar-refractivity contribution in [3.8, 4) is 0 Å². The van der Waals surface area contributed by atoms with Gasteiger partial charge in [0.05, 0.1) is 6.10 Å². The smallest absolute Gasteiger partial charge is 0.0543 e. The van der Waals surface area contributed by atoms with Crippen LogP contribution in [-0.4, -0.2) is 11.2 Å². The summed E-state index contributed by atoms with van der Waals surface area (Å²) in [6, 6.07) is 0. The van der Waals surface area contributed by atoms with E-state index in [-0.39, 0.29) is 6.10 Å². The third-order valence-electron chi connectivity index (χ3n) is 10.9. The Balaban J connectivity index is 1.53. The summed E-state index contributed by atoms with van der Waals surface area (Å²) in [5.41, 5.74) is 4.80. The van der Waals surface area contributed by atoms with E-state index in [2.05, 4.69) is 41.5 Å². The van der Waals surface area contributed by atoms with E-state index in [0.717, 1.165) is 48.3 Å². The first-order valence-corrected chi connectivity index (χ1v) is 13.1. The van der Waals surface area contributed by atoms with E-state index in [4.69, 9.17) is 0 Å². The van der Waals surface area contributed by atoms with Gasteiger partial charge >= 0.3 is 0 Å². The molecule has 0 heterocycles. The molecule has 0 saturated heterocycles. The van der Waals surface area contributed by atoms with Crippen molar-refractivity contribution in [3.05, 3.63) is 11.1 Å². The Morgan fingerprint density at radius 3 is 2.41 bits per heavy atom. The van der Waals surface area contributed by atoms with Gasteiger partial charge < -0.3 is 5.11 Å². The lowest BCUT2D eigenvalue weighted by Crippen LogP contribution is -2.48. The number of rotatable bonds is 5. The molecule has 166 valence electrons. The largest absolute Gasteiger partial charge is 0.393 e. The molecule has 3 saturated carbocycles. The molecule has 3 fully saturated rings. The molecule has 0 amide bonds. The first-order chi connectivity index (χ1) is 13.7. The van der Waals surface area contributed by atoms with Crippen molar-refractivity contribution in [1.29, 1.82) is 0 Å². The van der Waals surface area contributed by atoms with Crippen LogP contribution < -0.4 is 0 Å². The topological polar surface area (TPSA) is 20.2 Å². The van der Waals surface area contributed by atoms with Crippen LogP contribution in [-0.2, 0) is 0 Å². The van der Waals surface area contributed by atoms with Crippen LogP contribution in [0.15, 0.2) is 11.1 Å². The second kappa shape index (κ2) is 7.99. The predicted octanol–water partition coefficient (Wildman–Crippen LogP) is 7.78. The molecule has 1 nitrogen and oxygen atoms in total. The minimum atomic E-state index is -0.0268. The first kappa shape index (κ1) is 21.9. The van der Waals surface area contributed by atoms with E-state index in [1.807, 2.05) is 11.1 Å². The van der Waals surface area contributed by atoms with Crippen LogP contribution in [0.2, 0.25) is 0 Å². The number of fused-ring (bicyclic) bond motifs is 4. The third kappa shape index (κ3) is 3.66. The van der Waals surface area contributed by atoms with Gasteiger partial charge in [-0.3, -0.25) is 0 Å². The quantitative estimate of drug-likeness (QED) is 0.467. The van der Waals surface area contributed by atoms with Gasteiger partial charge in [-0.2, -0.15) is 0 Å². The van der Waals surface area contributed by atoms with E-state index in [1.165, 1.54) is 57.8 Å². The summed E-state index contributed by atoms with van der Waals surface area (Å²) in [5, 5.41) is 10.3. The molecule has 4 rings (SSSR count). The molecule has 8 atom stereocenters. The highest BCUT2D eigenvalue weighted by Gasteiger charge is 2.55. The van der Waals surface area contributed by atoms with Crippen molar-refractivity contribution in [2.75, 3.05) is 0 Å². The molecular formula is C28H48O. The molecule has 0 bridgehead atoms. The summed E-state index contributed by atoms with van der Waals surface area (Å²) in [6.45, 7) is 15.0. The number of allylic oxidation sites excluding steroid dienone is 2. The Morgan fingerprint density at radius 1 is 0.931 bits per heavy atom. The van der Waals surface area contributed by atoms with Gasteiger partial charge in [0.1, 0.15) is 0 Å². The maximum Gasteiger partial charge on any atom is 0.0543 e. The second-order valence-corrected chi connectivity index (χ2v) is 12.6. The van der Waals surface area contributed by atoms with Gasteiger partial charge in [0.25, 0.3) is 0 Å². The summed E-state index contributed by atoms with van der Waals surface area (Å²) in [6.07, 6.45) is 14.5. The Morgan fingerprint density at radius 2 is 1.69 bits per heavy atom. The number of hydrogen-bond acceptors (Lipinski definition) is 1. The van der Waals surface area contributed by atoms with E-state index < -0.39 is 0 Å². The molecule has 1 N–H and O–H groups in total. The summed E-state index contributed by atoms with van der Waals surface area (Å²) < 4.78 is 0. The first-order valence-electron chi connectivity index (χ1n) is 13.1. The van der Waals surface area contributed by atoms with Crippen molar-refractivity contribution < 1.29 is 5.11 Å². The Kier molecular flexibility index (Phi) is 6.04. The van der Waals surface area contributed by atoms with E-state index in [0.29, 0.717) is 10.8 Å². The van der Waals surface area contributed by atoms with Gasteiger partial charge in [-0.1, -0.05) is 65.5 Å². The predicted molar refractivity (Wildman–Crippen MR) is 124 cm³/mol. The van der Waals surface area contributed by atoms with Crippen LogP contribution in [0.1, 0.15) is 112 Å². The van der Waals surface area contributed by atoms with Crippen LogP contribution >= 0.6 is 0 Å².